The molecule has 2 rings (SSSR count). The highest BCUT2D eigenvalue weighted by Crippen LogP contribution is 2.37. The van der Waals surface area contributed by atoms with Crippen molar-refractivity contribution in [1.29, 1.82) is 0 Å². The summed E-state index contributed by atoms with van der Waals surface area (Å²) in [4.78, 5) is 26.3. The van der Waals surface area contributed by atoms with Crippen LogP contribution in [0.5, 0.6) is 17.2 Å². The maximum Gasteiger partial charge on any atom is 0.223 e. The van der Waals surface area contributed by atoms with Gasteiger partial charge < -0.3 is 19.1 Å². The van der Waals surface area contributed by atoms with Gasteiger partial charge in [-0.15, -0.1) is 0 Å². The Bertz CT molecular complexity index is 1080. The zero-order chi connectivity index (χ0) is 27.3. The van der Waals surface area contributed by atoms with E-state index in [1.54, 1.807) is 39.4 Å². The minimum absolute atomic E-state index is 0. The Morgan fingerprint density at radius 3 is 2.14 bits per heavy atom. The first-order chi connectivity index (χ1) is 17.3. The van der Waals surface area contributed by atoms with Gasteiger partial charge in [0, 0.05) is 26.9 Å². The molecule has 36 heavy (non-hydrogen) atoms. The van der Waals surface area contributed by atoms with E-state index < -0.39 is 0 Å². The van der Waals surface area contributed by atoms with E-state index in [1.165, 1.54) is 6.08 Å². The molecule has 0 aliphatic carbocycles. The lowest BCUT2D eigenvalue weighted by atomic mass is 9.93. The van der Waals surface area contributed by atoms with Gasteiger partial charge in [0.15, 0.2) is 17.3 Å². The lowest BCUT2D eigenvalue weighted by Gasteiger charge is -2.30. The molecule has 0 aliphatic rings. The molecule has 0 fully saturated rings. The van der Waals surface area contributed by atoms with Crippen molar-refractivity contribution in [3.8, 4) is 17.2 Å². The van der Waals surface area contributed by atoms with Crippen molar-refractivity contribution < 1.29 is 25.2 Å². The molecule has 1 amide bonds. The predicted molar refractivity (Wildman–Crippen MR) is 150 cm³/mol. The van der Waals surface area contributed by atoms with E-state index in [2.05, 4.69) is 19.7 Å². The van der Waals surface area contributed by atoms with Crippen LogP contribution in [0.4, 0.5) is 0 Å². The smallest absolute Gasteiger partial charge is 0.223 e. The standard InChI is InChI=1S/C28H33NO5.C2H6.H2/c1-8-20-10-11-21(17-26(20)33-6)19(3)16-24(29(4)28(31)15-13-23(30)9-2)22-12-14-25(32-5)27(18-22)34-7;1-2;/h8-12,14,17-18,24H,1-3,13,15-16H2,4-7H3;1-2H3;1H. The first-order valence-electron chi connectivity index (χ1n) is 11.9. The summed E-state index contributed by atoms with van der Waals surface area (Å²) < 4.78 is 16.3. The highest BCUT2D eigenvalue weighted by atomic mass is 16.5. The van der Waals surface area contributed by atoms with Crippen LogP contribution in [-0.2, 0) is 9.59 Å². The number of rotatable bonds is 13. The average molecular weight is 496 g/mol. The molecule has 0 bridgehead atoms. The van der Waals surface area contributed by atoms with Crippen LogP contribution in [0.2, 0.25) is 0 Å². The molecule has 0 spiro atoms. The Morgan fingerprint density at radius 2 is 1.58 bits per heavy atom. The normalized spacial score (nSPS) is 10.7. The third kappa shape index (κ3) is 7.87. The molecule has 6 nitrogen and oxygen atoms in total. The van der Waals surface area contributed by atoms with E-state index in [-0.39, 0.29) is 32.0 Å². The number of nitrogens with zero attached hydrogens (tertiary/aromatic N) is 1. The van der Waals surface area contributed by atoms with Gasteiger partial charge in [0.05, 0.1) is 27.4 Å². The van der Waals surface area contributed by atoms with Gasteiger partial charge >= 0.3 is 0 Å². The van der Waals surface area contributed by atoms with Crippen LogP contribution < -0.4 is 14.2 Å². The van der Waals surface area contributed by atoms with Crippen molar-refractivity contribution >= 4 is 23.3 Å². The number of ketones is 1. The Morgan fingerprint density at radius 1 is 0.944 bits per heavy atom. The largest absolute Gasteiger partial charge is 0.496 e. The first-order valence-corrected chi connectivity index (χ1v) is 11.9. The Kier molecular flexibility index (Phi) is 12.8. The molecular formula is C30H41NO5. The highest BCUT2D eigenvalue weighted by Gasteiger charge is 2.24. The van der Waals surface area contributed by atoms with Crippen molar-refractivity contribution in [2.24, 2.45) is 0 Å². The molecule has 6 heteroatoms. The molecule has 2 aromatic carbocycles. The molecular weight excluding hydrogens is 454 g/mol. The monoisotopic (exact) mass is 495 g/mol. The maximum absolute atomic E-state index is 13.0. The molecule has 2 aromatic rings. The summed E-state index contributed by atoms with van der Waals surface area (Å²) in [5.74, 6) is 1.55. The lowest BCUT2D eigenvalue weighted by molar-refractivity contribution is -0.133. The average Bonchev–Trinajstić information content (AvgIpc) is 2.93. The third-order valence-corrected chi connectivity index (χ3v) is 5.77. The Hall–Kier alpha value is -3.80. The molecule has 0 N–H and O–H groups in total. The van der Waals surface area contributed by atoms with Gasteiger partial charge in [0.1, 0.15) is 5.75 Å². The minimum atomic E-state index is -0.344. The van der Waals surface area contributed by atoms with Crippen LogP contribution in [0.25, 0.3) is 11.6 Å². The van der Waals surface area contributed by atoms with Gasteiger partial charge in [-0.05, 0) is 47.4 Å². The van der Waals surface area contributed by atoms with Crippen molar-refractivity contribution in [2.75, 3.05) is 28.4 Å². The number of carbonyl (C=O) groups excluding carboxylic acids is 2. The van der Waals surface area contributed by atoms with Gasteiger partial charge in [0.25, 0.3) is 0 Å². The van der Waals surface area contributed by atoms with Crippen LogP contribution >= 0.6 is 0 Å². The highest BCUT2D eigenvalue weighted by molar-refractivity contribution is 5.92. The first kappa shape index (κ1) is 30.2. The second-order valence-electron chi connectivity index (χ2n) is 7.77. The van der Waals surface area contributed by atoms with Crippen LogP contribution in [0.1, 0.15) is 57.3 Å². The lowest BCUT2D eigenvalue weighted by Crippen LogP contribution is -2.31. The number of benzene rings is 2. The molecule has 0 saturated heterocycles. The third-order valence-electron chi connectivity index (χ3n) is 5.77. The number of carbonyl (C=O) groups is 2. The van der Waals surface area contributed by atoms with Crippen LogP contribution in [0.3, 0.4) is 0 Å². The number of amides is 1. The van der Waals surface area contributed by atoms with Gasteiger partial charge in [-0.2, -0.15) is 0 Å². The van der Waals surface area contributed by atoms with Crippen molar-refractivity contribution in [2.45, 2.75) is 39.2 Å². The van der Waals surface area contributed by atoms with Crippen molar-refractivity contribution in [3.63, 3.8) is 0 Å². The topological polar surface area (TPSA) is 65.1 Å². The van der Waals surface area contributed by atoms with Gasteiger partial charge in [-0.25, -0.2) is 0 Å². The van der Waals surface area contributed by atoms with Crippen LogP contribution in [0, 0.1) is 0 Å². The molecule has 196 valence electrons. The van der Waals surface area contributed by atoms with Crippen molar-refractivity contribution in [1.82, 2.24) is 4.90 Å². The molecule has 1 unspecified atom stereocenters. The molecule has 0 radical (unpaired) electrons. The number of ether oxygens (including phenoxy) is 3. The summed E-state index contributed by atoms with van der Waals surface area (Å²) in [7, 11) is 6.48. The predicted octanol–water partition coefficient (Wildman–Crippen LogP) is 6.77. The summed E-state index contributed by atoms with van der Waals surface area (Å²) in [6.45, 7) is 15.6. The number of allylic oxidation sites excluding steroid dienone is 1. The van der Waals surface area contributed by atoms with E-state index in [0.29, 0.717) is 23.7 Å². The summed E-state index contributed by atoms with van der Waals surface area (Å²) in [5, 5.41) is 0. The van der Waals surface area contributed by atoms with Gasteiger partial charge in [-0.3, -0.25) is 9.59 Å². The van der Waals surface area contributed by atoms with E-state index in [1.807, 2.05) is 50.2 Å². The van der Waals surface area contributed by atoms with Crippen LogP contribution in [0.15, 0.2) is 62.2 Å². The van der Waals surface area contributed by atoms with Gasteiger partial charge in [-0.1, -0.05) is 57.9 Å². The molecule has 0 heterocycles. The van der Waals surface area contributed by atoms with E-state index in [0.717, 1.165) is 22.3 Å². The van der Waals surface area contributed by atoms with Crippen LogP contribution in [-0.4, -0.2) is 45.0 Å². The van der Waals surface area contributed by atoms with E-state index in [4.69, 9.17) is 14.2 Å². The fraction of sp³-hybridized carbons (Fsp3) is 0.333. The van der Waals surface area contributed by atoms with Crippen molar-refractivity contribution in [3.05, 3.63) is 78.9 Å². The number of hydrogen-bond donors (Lipinski definition) is 0. The maximum atomic E-state index is 13.0. The Balaban J connectivity index is 0.00000421. The fourth-order valence-electron chi connectivity index (χ4n) is 3.67. The quantitative estimate of drug-likeness (QED) is 0.287. The van der Waals surface area contributed by atoms with E-state index >= 15 is 0 Å². The second kappa shape index (κ2) is 15.2. The summed E-state index contributed by atoms with van der Waals surface area (Å²) in [6.07, 6.45) is 3.64. The zero-order valence-electron chi connectivity index (χ0n) is 22.4. The molecule has 0 saturated carbocycles. The zero-order valence-corrected chi connectivity index (χ0v) is 22.4. The molecule has 0 aromatic heterocycles. The molecule has 1 atom stereocenters. The summed E-state index contributed by atoms with van der Waals surface area (Å²) >= 11 is 0. The summed E-state index contributed by atoms with van der Waals surface area (Å²) in [6, 6.07) is 11.0. The fourth-order valence-corrected chi connectivity index (χ4v) is 3.67. The van der Waals surface area contributed by atoms with Gasteiger partial charge in [0.2, 0.25) is 5.91 Å². The van der Waals surface area contributed by atoms with E-state index in [9.17, 15) is 9.59 Å². The number of methoxy groups -OCH3 is 3. The second-order valence-corrected chi connectivity index (χ2v) is 7.77. The summed E-state index contributed by atoms with van der Waals surface area (Å²) in [5.41, 5.74) is 3.47. The Labute approximate surface area is 217 Å². The SMILES string of the molecule is C=CC(=O)CCC(=O)N(C)C(CC(=C)c1ccc(C=C)c(OC)c1)c1ccc(OC)c(OC)c1.CC.[HH]. The number of hydrogen-bond acceptors (Lipinski definition) is 5. The minimum Gasteiger partial charge on any atom is -0.496 e. The molecule has 0 aliphatic heterocycles.